The zero-order valence-electron chi connectivity index (χ0n) is 8.38. The van der Waals surface area contributed by atoms with Crippen LogP contribution < -0.4 is 0 Å². The maximum Gasteiger partial charge on any atom is 0.133 e. The molecule has 2 rings (SSSR count). The van der Waals surface area contributed by atoms with Crippen molar-refractivity contribution in [2.75, 3.05) is 0 Å². The highest BCUT2D eigenvalue weighted by atomic mass is 19.1. The lowest BCUT2D eigenvalue weighted by Gasteiger charge is -2.01. The van der Waals surface area contributed by atoms with Crippen LogP contribution in [0.5, 0.6) is 0 Å². The van der Waals surface area contributed by atoms with Crippen molar-refractivity contribution in [1.82, 2.24) is 0 Å². The van der Waals surface area contributed by atoms with Crippen molar-refractivity contribution in [3.63, 3.8) is 0 Å². The highest BCUT2D eigenvalue weighted by Crippen LogP contribution is 2.48. The van der Waals surface area contributed by atoms with E-state index < -0.39 is 0 Å². The van der Waals surface area contributed by atoms with Crippen molar-refractivity contribution in [3.05, 3.63) is 35.1 Å². The summed E-state index contributed by atoms with van der Waals surface area (Å²) in [6.07, 6.45) is 0.887. The van der Waals surface area contributed by atoms with E-state index in [1.807, 2.05) is 6.07 Å². The van der Waals surface area contributed by atoms with Crippen molar-refractivity contribution in [3.8, 4) is 0 Å². The summed E-state index contributed by atoms with van der Waals surface area (Å²) in [7, 11) is 0. The van der Waals surface area contributed by atoms with E-state index in [2.05, 4.69) is 0 Å². The quantitative estimate of drug-likeness (QED) is 0.704. The topological polar surface area (TPSA) is 17.1 Å². The van der Waals surface area contributed by atoms with Crippen LogP contribution in [0.1, 0.15) is 30.4 Å². The minimum atomic E-state index is -0.170. The lowest BCUT2D eigenvalue weighted by Crippen LogP contribution is -1.95. The summed E-state index contributed by atoms with van der Waals surface area (Å²) in [5, 5.41) is 0. The molecule has 1 aliphatic carbocycles. The molecule has 1 aliphatic rings. The van der Waals surface area contributed by atoms with Gasteiger partial charge in [0.1, 0.15) is 11.6 Å². The van der Waals surface area contributed by atoms with Crippen LogP contribution in [0.25, 0.3) is 0 Å². The predicted octanol–water partition coefficient (Wildman–Crippen LogP) is 2.83. The predicted molar refractivity (Wildman–Crippen MR) is 52.7 cm³/mol. The van der Waals surface area contributed by atoms with Crippen molar-refractivity contribution in [1.29, 1.82) is 0 Å². The molecule has 74 valence electrons. The molecule has 0 aliphatic heterocycles. The zero-order chi connectivity index (χ0) is 10.3. The Morgan fingerprint density at radius 3 is 2.71 bits per heavy atom. The van der Waals surface area contributed by atoms with Crippen LogP contribution in [-0.4, -0.2) is 5.78 Å². The van der Waals surface area contributed by atoms with Gasteiger partial charge >= 0.3 is 0 Å². The van der Waals surface area contributed by atoms with E-state index in [0.29, 0.717) is 5.56 Å². The first-order valence-electron chi connectivity index (χ1n) is 4.86. The molecule has 2 unspecified atom stereocenters. The molecule has 0 N–H and O–H groups in total. The molecule has 14 heavy (non-hydrogen) atoms. The van der Waals surface area contributed by atoms with Gasteiger partial charge < -0.3 is 0 Å². The van der Waals surface area contributed by atoms with Gasteiger partial charge in [0.25, 0.3) is 0 Å². The van der Waals surface area contributed by atoms with Gasteiger partial charge in [-0.05, 0) is 43.4 Å². The maximum atomic E-state index is 13.2. The van der Waals surface area contributed by atoms with Gasteiger partial charge in [0, 0.05) is 5.92 Å². The van der Waals surface area contributed by atoms with Gasteiger partial charge in [-0.25, -0.2) is 4.39 Å². The third-order valence-electron chi connectivity index (χ3n) is 2.94. The smallest absolute Gasteiger partial charge is 0.133 e. The Balaban J connectivity index is 2.20. The SMILES string of the molecule is CC(=O)C1CC1c1ccc(C)c(F)c1. The van der Waals surface area contributed by atoms with E-state index in [1.54, 1.807) is 26.0 Å². The Kier molecular flexibility index (Phi) is 2.14. The Hall–Kier alpha value is -1.18. The largest absolute Gasteiger partial charge is 0.300 e. The first-order valence-corrected chi connectivity index (χ1v) is 4.86. The van der Waals surface area contributed by atoms with E-state index in [4.69, 9.17) is 0 Å². The second-order valence-corrected chi connectivity index (χ2v) is 4.07. The van der Waals surface area contributed by atoms with Crippen LogP contribution in [0.2, 0.25) is 0 Å². The van der Waals surface area contributed by atoms with Crippen molar-refractivity contribution < 1.29 is 9.18 Å². The molecule has 0 radical (unpaired) electrons. The summed E-state index contributed by atoms with van der Waals surface area (Å²) < 4.78 is 13.2. The molecular formula is C12H13FO. The lowest BCUT2D eigenvalue weighted by atomic mass is 10.1. The average Bonchev–Trinajstić information content (AvgIpc) is 2.89. The van der Waals surface area contributed by atoms with Gasteiger partial charge in [0.05, 0.1) is 0 Å². The van der Waals surface area contributed by atoms with Gasteiger partial charge in [0.2, 0.25) is 0 Å². The van der Waals surface area contributed by atoms with Crippen molar-refractivity contribution in [2.24, 2.45) is 5.92 Å². The fraction of sp³-hybridized carbons (Fsp3) is 0.417. The molecule has 1 saturated carbocycles. The van der Waals surface area contributed by atoms with Crippen LogP contribution >= 0.6 is 0 Å². The minimum absolute atomic E-state index is 0.136. The average molecular weight is 192 g/mol. The van der Waals surface area contributed by atoms with Crippen LogP contribution in [0.15, 0.2) is 18.2 Å². The molecule has 1 nitrogen and oxygen atoms in total. The van der Waals surface area contributed by atoms with E-state index in [-0.39, 0.29) is 23.4 Å². The summed E-state index contributed by atoms with van der Waals surface area (Å²) in [5.41, 5.74) is 1.63. The number of halogens is 1. The number of carbonyl (C=O) groups is 1. The molecule has 0 aromatic heterocycles. The lowest BCUT2D eigenvalue weighted by molar-refractivity contribution is -0.118. The standard InChI is InChI=1S/C12H13FO/c1-7-3-4-9(5-12(7)13)11-6-10(11)8(2)14/h3-5,10-11H,6H2,1-2H3. The Labute approximate surface area is 82.9 Å². The number of hydrogen-bond acceptors (Lipinski definition) is 1. The van der Waals surface area contributed by atoms with Crippen LogP contribution in [0.4, 0.5) is 4.39 Å². The normalized spacial score (nSPS) is 24.8. The van der Waals surface area contributed by atoms with E-state index in [1.165, 1.54) is 0 Å². The van der Waals surface area contributed by atoms with E-state index in [9.17, 15) is 9.18 Å². The molecule has 1 fully saturated rings. The molecule has 0 heterocycles. The molecule has 0 spiro atoms. The third kappa shape index (κ3) is 1.57. The van der Waals surface area contributed by atoms with Crippen LogP contribution in [-0.2, 0) is 4.79 Å². The molecule has 0 bridgehead atoms. The van der Waals surface area contributed by atoms with Gasteiger partial charge in [-0.1, -0.05) is 12.1 Å². The van der Waals surface area contributed by atoms with Crippen LogP contribution in [0, 0.1) is 18.7 Å². The zero-order valence-corrected chi connectivity index (χ0v) is 8.38. The van der Waals surface area contributed by atoms with Crippen molar-refractivity contribution >= 4 is 5.78 Å². The number of ketones is 1. The fourth-order valence-electron chi connectivity index (χ4n) is 1.85. The summed E-state index contributed by atoms with van der Waals surface area (Å²) in [6.45, 7) is 3.35. The maximum absolute atomic E-state index is 13.2. The highest BCUT2D eigenvalue weighted by Gasteiger charge is 2.41. The fourth-order valence-corrected chi connectivity index (χ4v) is 1.85. The molecule has 0 amide bonds. The molecule has 1 aromatic rings. The number of hydrogen-bond donors (Lipinski definition) is 0. The third-order valence-corrected chi connectivity index (χ3v) is 2.94. The van der Waals surface area contributed by atoms with Gasteiger partial charge in [0.15, 0.2) is 0 Å². The summed E-state index contributed by atoms with van der Waals surface area (Å²) >= 11 is 0. The minimum Gasteiger partial charge on any atom is -0.300 e. The Morgan fingerprint density at radius 2 is 2.21 bits per heavy atom. The Bertz CT molecular complexity index is 384. The van der Waals surface area contributed by atoms with Gasteiger partial charge in [-0.2, -0.15) is 0 Å². The molecular weight excluding hydrogens is 179 g/mol. The summed E-state index contributed by atoms with van der Waals surface area (Å²) in [4.78, 5) is 11.0. The van der Waals surface area contributed by atoms with Gasteiger partial charge in [-0.3, -0.25) is 4.79 Å². The molecule has 2 heteroatoms. The second-order valence-electron chi connectivity index (χ2n) is 4.07. The van der Waals surface area contributed by atoms with E-state index in [0.717, 1.165) is 12.0 Å². The number of rotatable bonds is 2. The number of Topliss-reactive ketones (excluding diaryl/α,β-unsaturated/α-hetero) is 1. The first kappa shape index (κ1) is 9.38. The monoisotopic (exact) mass is 192 g/mol. The van der Waals surface area contributed by atoms with Gasteiger partial charge in [-0.15, -0.1) is 0 Å². The first-order chi connectivity index (χ1) is 6.59. The Morgan fingerprint density at radius 1 is 1.50 bits per heavy atom. The molecule has 0 saturated heterocycles. The number of aryl methyl sites for hydroxylation is 1. The van der Waals surface area contributed by atoms with Crippen LogP contribution in [0.3, 0.4) is 0 Å². The summed E-state index contributed by atoms with van der Waals surface area (Å²) in [6, 6.07) is 5.26. The molecule has 1 aromatic carbocycles. The second kappa shape index (κ2) is 3.19. The van der Waals surface area contributed by atoms with Crippen molar-refractivity contribution in [2.45, 2.75) is 26.2 Å². The van der Waals surface area contributed by atoms with E-state index >= 15 is 0 Å². The highest BCUT2D eigenvalue weighted by molar-refractivity contribution is 5.82. The summed E-state index contributed by atoms with van der Waals surface area (Å²) in [5.74, 6) is 0.451. The number of carbonyl (C=O) groups excluding carboxylic acids is 1. The molecule has 2 atom stereocenters. The number of benzene rings is 1.